The number of non-ortho nitro benzene ring substituents is 1. The van der Waals surface area contributed by atoms with Crippen molar-refractivity contribution in [1.82, 2.24) is 9.88 Å². The molecule has 8 heteroatoms. The van der Waals surface area contributed by atoms with Crippen LogP contribution in [0.5, 0.6) is 0 Å². The molecule has 1 heterocycles. The summed E-state index contributed by atoms with van der Waals surface area (Å²) in [4.78, 5) is 35.9. The quantitative estimate of drug-likeness (QED) is 0.134. The molecule has 3 aromatic carbocycles. The molecule has 1 amide bonds. The van der Waals surface area contributed by atoms with Gasteiger partial charge in [-0.05, 0) is 73.7 Å². The van der Waals surface area contributed by atoms with Gasteiger partial charge >= 0.3 is 5.97 Å². The minimum absolute atomic E-state index is 0.0128. The zero-order valence-corrected chi connectivity index (χ0v) is 23.9. The Kier molecular flexibility index (Phi) is 8.06. The zero-order valence-electron chi connectivity index (χ0n) is 23.9. The Morgan fingerprint density at radius 2 is 1.86 bits per heavy atom. The average molecular weight is 564 g/mol. The largest absolute Gasteiger partial charge is 0.465 e. The van der Waals surface area contributed by atoms with E-state index in [1.807, 2.05) is 75.5 Å². The number of nitrogens with one attached hydrogen (secondary N) is 1. The first-order chi connectivity index (χ1) is 20.2. The van der Waals surface area contributed by atoms with E-state index in [4.69, 9.17) is 4.74 Å². The van der Waals surface area contributed by atoms with Crippen molar-refractivity contribution in [3.63, 3.8) is 0 Å². The predicted octanol–water partition coefficient (Wildman–Crippen LogP) is 7.00. The van der Waals surface area contributed by atoms with Gasteiger partial charge < -0.3 is 14.6 Å². The molecule has 1 aliphatic carbocycles. The van der Waals surface area contributed by atoms with Gasteiger partial charge in [0.15, 0.2) is 0 Å². The van der Waals surface area contributed by atoms with Crippen molar-refractivity contribution in [1.29, 1.82) is 0 Å². The molecule has 8 nitrogen and oxygen atoms in total. The van der Waals surface area contributed by atoms with E-state index in [-0.39, 0.29) is 23.6 Å². The van der Waals surface area contributed by atoms with Gasteiger partial charge in [0.25, 0.3) is 11.6 Å². The fourth-order valence-electron chi connectivity index (χ4n) is 5.23. The number of amides is 1. The molecule has 0 bridgehead atoms. The first-order valence-electron chi connectivity index (χ1n) is 14.0. The van der Waals surface area contributed by atoms with Crippen LogP contribution < -0.4 is 5.32 Å². The number of fused-ring (bicyclic) bond motifs is 1. The highest BCUT2D eigenvalue weighted by Gasteiger charge is 2.33. The second-order valence-corrected chi connectivity index (χ2v) is 10.8. The van der Waals surface area contributed by atoms with Gasteiger partial charge in [-0.15, -0.1) is 0 Å². The van der Waals surface area contributed by atoms with E-state index < -0.39 is 10.3 Å². The molecule has 42 heavy (non-hydrogen) atoms. The van der Waals surface area contributed by atoms with Gasteiger partial charge in [0.1, 0.15) is 0 Å². The lowest BCUT2D eigenvalue weighted by atomic mass is 9.80. The van der Waals surface area contributed by atoms with Gasteiger partial charge in [-0.3, -0.25) is 19.7 Å². The van der Waals surface area contributed by atoms with E-state index in [0.717, 1.165) is 33.2 Å². The summed E-state index contributed by atoms with van der Waals surface area (Å²) in [5.74, 6) is -0.427. The monoisotopic (exact) mass is 563 g/mol. The Bertz CT molecular complexity index is 1720. The average Bonchev–Trinajstić information content (AvgIpc) is 3.40. The van der Waals surface area contributed by atoms with Crippen molar-refractivity contribution >= 4 is 34.0 Å². The molecule has 2 atom stereocenters. The van der Waals surface area contributed by atoms with Gasteiger partial charge in [0, 0.05) is 41.3 Å². The van der Waals surface area contributed by atoms with E-state index in [1.54, 1.807) is 12.1 Å². The number of hydrogen-bond acceptors (Lipinski definition) is 5. The molecular weight excluding hydrogens is 530 g/mol. The molecule has 1 unspecified atom stereocenters. The van der Waals surface area contributed by atoms with E-state index in [2.05, 4.69) is 28.1 Å². The molecular formula is C34H33N3O5. The summed E-state index contributed by atoms with van der Waals surface area (Å²) >= 11 is 0. The van der Waals surface area contributed by atoms with Gasteiger partial charge in [-0.25, -0.2) is 0 Å². The number of allylic oxidation sites excluding steroid dienone is 3. The Morgan fingerprint density at radius 1 is 1.10 bits per heavy atom. The molecule has 214 valence electrons. The van der Waals surface area contributed by atoms with Gasteiger partial charge in [0.2, 0.25) is 0 Å². The maximum absolute atomic E-state index is 13.0. The maximum atomic E-state index is 13.0. The van der Waals surface area contributed by atoms with Crippen LogP contribution in [0.4, 0.5) is 5.69 Å². The van der Waals surface area contributed by atoms with Crippen LogP contribution in [0.3, 0.4) is 0 Å². The Labute approximate surface area is 244 Å². The van der Waals surface area contributed by atoms with Crippen molar-refractivity contribution in [2.45, 2.75) is 39.8 Å². The summed E-state index contributed by atoms with van der Waals surface area (Å²) in [6.07, 6.45) is 8.65. The highest BCUT2D eigenvalue weighted by molar-refractivity contribution is 5.98. The Morgan fingerprint density at radius 3 is 2.55 bits per heavy atom. The Balaban J connectivity index is 1.31. The van der Waals surface area contributed by atoms with E-state index in [1.165, 1.54) is 12.1 Å². The van der Waals surface area contributed by atoms with Crippen LogP contribution in [0.1, 0.15) is 60.3 Å². The van der Waals surface area contributed by atoms with Crippen LogP contribution in [-0.4, -0.2) is 28.0 Å². The summed E-state index contributed by atoms with van der Waals surface area (Å²) in [5.41, 5.74) is 5.01. The molecule has 1 N–H and O–H groups in total. The second kappa shape index (κ2) is 11.9. The molecule has 0 saturated carbocycles. The number of nitrogens with zero attached hydrogens (tertiary/aromatic N) is 2. The number of carbonyl (C=O) groups excluding carboxylic acids is 2. The predicted molar refractivity (Wildman–Crippen MR) is 163 cm³/mol. The highest BCUT2D eigenvalue weighted by atomic mass is 16.6. The van der Waals surface area contributed by atoms with Crippen molar-refractivity contribution in [2.24, 2.45) is 5.41 Å². The fourth-order valence-corrected chi connectivity index (χ4v) is 5.23. The number of nitro groups is 1. The van der Waals surface area contributed by atoms with Gasteiger partial charge in [-0.2, -0.15) is 0 Å². The van der Waals surface area contributed by atoms with Crippen molar-refractivity contribution in [2.75, 3.05) is 6.61 Å². The SMILES string of the molecule is CCOC(=O)C1(C)C=CC(c2ccccc2Cn2ccc3cc(C(=O)N[C@@H](C)c4ccc([N+](=O)[O-])cc4)ccc32)=CC1. The van der Waals surface area contributed by atoms with Crippen LogP contribution in [0.15, 0.2) is 97.2 Å². The smallest absolute Gasteiger partial charge is 0.315 e. The molecule has 0 spiro atoms. The highest BCUT2D eigenvalue weighted by Crippen LogP contribution is 2.35. The first-order valence-corrected chi connectivity index (χ1v) is 14.0. The normalized spacial score (nSPS) is 17.0. The van der Waals surface area contributed by atoms with Crippen LogP contribution in [0, 0.1) is 15.5 Å². The molecule has 0 saturated heterocycles. The third-order valence-corrected chi connectivity index (χ3v) is 7.77. The van der Waals surface area contributed by atoms with Crippen LogP contribution in [0.2, 0.25) is 0 Å². The molecule has 1 aromatic heterocycles. The summed E-state index contributed by atoms with van der Waals surface area (Å²) in [5, 5.41) is 14.8. The van der Waals surface area contributed by atoms with E-state index in [0.29, 0.717) is 25.1 Å². The minimum atomic E-state index is -0.658. The maximum Gasteiger partial charge on any atom is 0.315 e. The number of carbonyl (C=O) groups is 2. The summed E-state index contributed by atoms with van der Waals surface area (Å²) in [7, 11) is 0. The zero-order chi connectivity index (χ0) is 29.9. The fraction of sp³-hybridized carbons (Fsp3) is 0.235. The topological polar surface area (TPSA) is 103 Å². The number of ether oxygens (including phenoxy) is 1. The number of benzene rings is 3. The Hall–Kier alpha value is -4.98. The standard InChI is InChI=1S/C34H33N3O5/c1-4-42-33(39)34(3)18-15-25(16-19-34)30-8-6-5-7-28(30)22-36-20-17-26-21-27(11-14-31(26)36)32(38)35-23(2)24-9-12-29(13-10-24)37(40)41/h5-18,20-21,23H,4,19,22H2,1-3H3,(H,35,38)/t23-,34?/m0/s1. The van der Waals surface area contributed by atoms with Crippen molar-refractivity contribution < 1.29 is 19.2 Å². The van der Waals surface area contributed by atoms with Crippen LogP contribution in [0.25, 0.3) is 16.5 Å². The number of rotatable bonds is 9. The molecule has 5 rings (SSSR count). The molecule has 4 aromatic rings. The third kappa shape index (κ3) is 5.88. The first kappa shape index (κ1) is 28.5. The third-order valence-electron chi connectivity index (χ3n) is 7.77. The minimum Gasteiger partial charge on any atom is -0.465 e. The summed E-state index contributed by atoms with van der Waals surface area (Å²) in [6.45, 7) is 6.57. The number of aromatic nitrogens is 1. The molecule has 1 aliphatic rings. The van der Waals surface area contributed by atoms with E-state index in [9.17, 15) is 19.7 Å². The van der Waals surface area contributed by atoms with Crippen molar-refractivity contribution in [3.8, 4) is 0 Å². The number of hydrogen-bond donors (Lipinski definition) is 1. The van der Waals surface area contributed by atoms with Gasteiger partial charge in [-0.1, -0.05) is 54.6 Å². The number of nitro benzene ring substituents is 1. The van der Waals surface area contributed by atoms with E-state index >= 15 is 0 Å². The van der Waals surface area contributed by atoms with Crippen LogP contribution >= 0.6 is 0 Å². The summed E-state index contributed by atoms with van der Waals surface area (Å²) in [6, 6.07) is 21.8. The van der Waals surface area contributed by atoms with Crippen molar-refractivity contribution in [3.05, 3.63) is 130 Å². The second-order valence-electron chi connectivity index (χ2n) is 10.8. The molecule has 0 aliphatic heterocycles. The summed E-state index contributed by atoms with van der Waals surface area (Å²) < 4.78 is 7.42. The lowest BCUT2D eigenvalue weighted by molar-refractivity contribution is -0.384. The lowest BCUT2D eigenvalue weighted by Crippen LogP contribution is -2.28. The van der Waals surface area contributed by atoms with Crippen LogP contribution in [-0.2, 0) is 16.1 Å². The van der Waals surface area contributed by atoms with Gasteiger partial charge in [0.05, 0.1) is 23.0 Å². The number of esters is 1. The molecule has 0 fully saturated rings. The molecule has 0 radical (unpaired) electrons. The lowest BCUT2D eigenvalue weighted by Gasteiger charge is -2.26.